The first-order chi connectivity index (χ1) is 17.4. The van der Waals surface area contributed by atoms with Crippen molar-refractivity contribution in [1.29, 1.82) is 0 Å². The lowest BCUT2D eigenvalue weighted by Gasteiger charge is -2.15. The van der Waals surface area contributed by atoms with Crippen molar-refractivity contribution in [1.82, 2.24) is 4.98 Å². The molecule has 4 rings (SSSR count). The van der Waals surface area contributed by atoms with Gasteiger partial charge in [-0.05, 0) is 42.0 Å². The van der Waals surface area contributed by atoms with Crippen LogP contribution < -0.4 is 0 Å². The Morgan fingerprint density at radius 1 is 0.595 bits per heavy atom. The molecule has 0 atom stereocenters. The Morgan fingerprint density at radius 3 is 1.32 bits per heavy atom. The van der Waals surface area contributed by atoms with Gasteiger partial charge in [-0.3, -0.25) is 14.6 Å². The monoisotopic (exact) mass is 533 g/mol. The second-order valence-corrected chi connectivity index (χ2v) is 8.36. The zero-order valence-electron chi connectivity index (χ0n) is 18.5. The largest absolute Gasteiger partial charge is 0.416 e. The van der Waals surface area contributed by atoms with E-state index in [0.717, 1.165) is 48.5 Å². The van der Waals surface area contributed by atoms with Crippen LogP contribution in [0.3, 0.4) is 0 Å². The Bertz CT molecular complexity index is 1370. The summed E-state index contributed by atoms with van der Waals surface area (Å²) in [7, 11) is 0. The molecule has 4 aromatic rings. The van der Waals surface area contributed by atoms with Crippen LogP contribution in [0.2, 0.25) is 5.02 Å². The molecule has 0 fully saturated rings. The quantitative estimate of drug-likeness (QED) is 0.193. The number of benzene rings is 3. The first-order valence-electron chi connectivity index (χ1n) is 10.5. The van der Waals surface area contributed by atoms with E-state index >= 15 is 0 Å². The van der Waals surface area contributed by atoms with E-state index < -0.39 is 35.0 Å². The van der Waals surface area contributed by atoms with Crippen LogP contribution in [0, 0.1) is 0 Å². The molecule has 0 N–H and O–H groups in total. The number of halogens is 7. The summed E-state index contributed by atoms with van der Waals surface area (Å²) in [6.07, 6.45) is -6.84. The molecule has 0 saturated carbocycles. The number of hydrogen-bond donors (Lipinski definition) is 0. The van der Waals surface area contributed by atoms with E-state index in [9.17, 15) is 35.9 Å². The Morgan fingerprint density at radius 2 is 0.973 bits per heavy atom. The lowest BCUT2D eigenvalue weighted by atomic mass is 9.89. The van der Waals surface area contributed by atoms with Gasteiger partial charge < -0.3 is 0 Å². The summed E-state index contributed by atoms with van der Waals surface area (Å²) in [4.78, 5) is 30.7. The van der Waals surface area contributed by atoms with E-state index in [-0.39, 0.29) is 27.8 Å². The average Bonchev–Trinajstić information content (AvgIpc) is 2.87. The number of nitrogens with zero attached hydrogens (tertiary/aromatic N) is 1. The molecule has 0 radical (unpaired) electrons. The molecule has 3 aromatic carbocycles. The number of alkyl halides is 6. The summed E-state index contributed by atoms with van der Waals surface area (Å²) in [6.45, 7) is 0. The van der Waals surface area contributed by atoms with Gasteiger partial charge in [0.15, 0.2) is 11.6 Å². The molecule has 0 aliphatic heterocycles. The molecule has 3 nitrogen and oxygen atoms in total. The lowest BCUT2D eigenvalue weighted by molar-refractivity contribution is -0.138. The maximum Gasteiger partial charge on any atom is 0.416 e. The zero-order chi connectivity index (χ0) is 27.0. The molecule has 37 heavy (non-hydrogen) atoms. The Hall–Kier alpha value is -3.98. The molecule has 0 bridgehead atoms. The van der Waals surface area contributed by atoms with E-state index in [1.165, 1.54) is 36.7 Å². The number of rotatable bonds is 5. The van der Waals surface area contributed by atoms with E-state index in [0.29, 0.717) is 10.6 Å². The molecular weight excluding hydrogens is 520 g/mol. The lowest BCUT2D eigenvalue weighted by Crippen LogP contribution is -2.12. The number of carbonyl (C=O) groups excluding carboxylic acids is 2. The summed E-state index contributed by atoms with van der Waals surface area (Å²) in [5.41, 5.74) is -1.72. The molecule has 0 saturated heterocycles. The summed E-state index contributed by atoms with van der Waals surface area (Å²) < 4.78 is 77.7. The van der Waals surface area contributed by atoms with Gasteiger partial charge in [0.2, 0.25) is 0 Å². The van der Waals surface area contributed by atoms with Gasteiger partial charge in [-0.2, -0.15) is 26.3 Å². The highest BCUT2D eigenvalue weighted by atomic mass is 35.5. The molecule has 0 aliphatic rings. The van der Waals surface area contributed by atoms with Crippen LogP contribution in [0.25, 0.3) is 11.1 Å². The van der Waals surface area contributed by atoms with E-state index in [2.05, 4.69) is 4.98 Å². The minimum absolute atomic E-state index is 0.0795. The molecule has 1 aromatic heterocycles. The van der Waals surface area contributed by atoms with Crippen LogP contribution in [0.5, 0.6) is 0 Å². The Labute approximate surface area is 211 Å². The highest BCUT2D eigenvalue weighted by Gasteiger charge is 2.32. The van der Waals surface area contributed by atoms with Gasteiger partial charge in [-0.15, -0.1) is 0 Å². The van der Waals surface area contributed by atoms with Crippen molar-refractivity contribution in [2.24, 2.45) is 0 Å². The summed E-state index contributed by atoms with van der Waals surface area (Å²) in [6, 6.07) is 13.2. The average molecular weight is 534 g/mol. The van der Waals surface area contributed by atoms with Gasteiger partial charge in [-0.1, -0.05) is 48.0 Å². The number of carbonyl (C=O) groups is 2. The highest BCUT2D eigenvalue weighted by molar-refractivity contribution is 6.30. The third kappa shape index (κ3) is 5.56. The first-order valence-corrected chi connectivity index (χ1v) is 10.9. The highest BCUT2D eigenvalue weighted by Crippen LogP contribution is 2.34. The Kier molecular flexibility index (Phi) is 6.92. The number of hydrogen-bond acceptors (Lipinski definition) is 3. The van der Waals surface area contributed by atoms with Gasteiger partial charge >= 0.3 is 12.4 Å². The van der Waals surface area contributed by atoms with Crippen LogP contribution >= 0.6 is 11.6 Å². The van der Waals surface area contributed by atoms with Crippen LogP contribution in [-0.2, 0) is 12.4 Å². The van der Waals surface area contributed by atoms with Crippen molar-refractivity contribution in [2.45, 2.75) is 12.4 Å². The molecule has 0 unspecified atom stereocenters. The second kappa shape index (κ2) is 9.82. The fourth-order valence-electron chi connectivity index (χ4n) is 3.66. The van der Waals surface area contributed by atoms with Gasteiger partial charge in [0.1, 0.15) is 0 Å². The maximum atomic E-state index is 13.4. The predicted molar refractivity (Wildman–Crippen MR) is 124 cm³/mol. The van der Waals surface area contributed by atoms with Gasteiger partial charge in [-0.25, -0.2) is 0 Å². The predicted octanol–water partition coefficient (Wildman–Crippen LogP) is 7.90. The van der Waals surface area contributed by atoms with Crippen LogP contribution in [-0.4, -0.2) is 16.6 Å². The summed E-state index contributed by atoms with van der Waals surface area (Å²) >= 11 is 5.97. The smallest absolute Gasteiger partial charge is 0.289 e. The number of aromatic nitrogens is 1. The molecule has 1 heterocycles. The summed E-state index contributed by atoms with van der Waals surface area (Å²) in [5.74, 6) is -1.40. The topological polar surface area (TPSA) is 47.0 Å². The van der Waals surface area contributed by atoms with E-state index in [4.69, 9.17) is 11.6 Å². The van der Waals surface area contributed by atoms with Crippen molar-refractivity contribution >= 4 is 23.2 Å². The molecule has 10 heteroatoms. The Balaban J connectivity index is 1.84. The normalized spacial score (nSPS) is 11.9. The van der Waals surface area contributed by atoms with Gasteiger partial charge in [0, 0.05) is 45.2 Å². The summed E-state index contributed by atoms with van der Waals surface area (Å²) in [5, 5.41) is 0.365. The SMILES string of the molecule is O=C(c1ccc(C(F)(F)F)cc1)c1cncc(C(=O)c2ccc(C(F)(F)F)cc2)c1-c1ccc(Cl)cc1. The van der Waals surface area contributed by atoms with Crippen molar-refractivity contribution in [3.63, 3.8) is 0 Å². The van der Waals surface area contributed by atoms with Crippen LogP contribution in [0.4, 0.5) is 26.3 Å². The second-order valence-electron chi connectivity index (χ2n) is 7.92. The van der Waals surface area contributed by atoms with Gasteiger partial charge in [0.25, 0.3) is 0 Å². The fraction of sp³-hybridized carbons (Fsp3) is 0.0741. The van der Waals surface area contributed by atoms with Crippen LogP contribution in [0.1, 0.15) is 43.0 Å². The van der Waals surface area contributed by atoms with Crippen LogP contribution in [0.15, 0.2) is 85.2 Å². The standard InChI is InChI=1S/C27H14ClF6NO2/c28-20-11-5-15(6-12-20)23-21(24(36)16-1-7-18(8-2-16)26(29,30)31)13-35-14-22(23)25(37)17-3-9-19(10-4-17)27(32,33)34/h1-14H. The zero-order valence-corrected chi connectivity index (χ0v) is 19.2. The fourth-order valence-corrected chi connectivity index (χ4v) is 3.79. The molecule has 188 valence electrons. The molecule has 0 aliphatic carbocycles. The molecular formula is C27H14ClF6NO2. The number of pyridine rings is 1. The minimum Gasteiger partial charge on any atom is -0.289 e. The van der Waals surface area contributed by atoms with E-state index in [1.807, 2.05) is 0 Å². The molecule has 0 amide bonds. The third-order valence-corrected chi connectivity index (χ3v) is 5.77. The molecule has 0 spiro atoms. The number of ketones is 2. The first kappa shape index (κ1) is 26.1. The minimum atomic E-state index is -4.59. The van der Waals surface area contributed by atoms with E-state index in [1.54, 1.807) is 0 Å². The van der Waals surface area contributed by atoms with Gasteiger partial charge in [0.05, 0.1) is 11.1 Å². The van der Waals surface area contributed by atoms with Crippen molar-refractivity contribution in [3.8, 4) is 11.1 Å². The van der Waals surface area contributed by atoms with Crippen molar-refractivity contribution in [2.75, 3.05) is 0 Å². The van der Waals surface area contributed by atoms with Crippen molar-refractivity contribution < 1.29 is 35.9 Å². The van der Waals surface area contributed by atoms with Crippen molar-refractivity contribution in [3.05, 3.63) is 124 Å². The maximum absolute atomic E-state index is 13.4. The third-order valence-electron chi connectivity index (χ3n) is 5.52.